The predicted molar refractivity (Wildman–Crippen MR) is 127 cm³/mol. The van der Waals surface area contributed by atoms with Gasteiger partial charge in [0.2, 0.25) is 0 Å². The van der Waals surface area contributed by atoms with E-state index in [0.717, 1.165) is 36.3 Å². The molecule has 31 heavy (non-hydrogen) atoms. The number of rotatable bonds is 7. The maximum absolute atomic E-state index is 4.16. The molecule has 3 aromatic heterocycles. The molecule has 1 N–H and O–H groups in total. The summed E-state index contributed by atoms with van der Waals surface area (Å²) in [6.45, 7) is 0. The second kappa shape index (κ2) is 8.84. The molecule has 152 valence electrons. The second-order valence-corrected chi connectivity index (χ2v) is 7.63. The zero-order valence-electron chi connectivity index (χ0n) is 17.3. The highest BCUT2D eigenvalue weighted by Crippen LogP contribution is 2.33. The van der Waals surface area contributed by atoms with Gasteiger partial charge in [-0.05, 0) is 72.9 Å². The van der Waals surface area contributed by atoms with Gasteiger partial charge in [-0.2, -0.15) is 0 Å². The third kappa shape index (κ3) is 4.19. The lowest BCUT2D eigenvalue weighted by molar-refractivity contribution is 0.825. The average Bonchev–Trinajstić information content (AvgIpc) is 3.25. The minimum absolute atomic E-state index is 1.06. The number of nitrogens with one attached hydrogen (secondary N) is 1. The monoisotopic (exact) mass is 404 g/mol. The minimum atomic E-state index is 1.06. The quantitative estimate of drug-likeness (QED) is 0.332. The summed E-state index contributed by atoms with van der Waals surface area (Å²) >= 11 is 0. The highest BCUT2D eigenvalue weighted by Gasteiger charge is 2.12. The molecule has 0 saturated carbocycles. The zero-order valence-corrected chi connectivity index (χ0v) is 17.3. The van der Waals surface area contributed by atoms with Crippen LogP contribution in [-0.2, 0) is 12.8 Å². The van der Waals surface area contributed by atoms with Gasteiger partial charge in [-0.15, -0.1) is 0 Å². The van der Waals surface area contributed by atoms with Crippen LogP contribution in [0.15, 0.2) is 104 Å². The molecule has 0 fully saturated rings. The lowest BCUT2D eigenvalue weighted by Gasteiger charge is -2.25. The predicted octanol–water partition coefficient (Wildman–Crippen LogP) is 6.60. The van der Waals surface area contributed by atoms with Crippen LogP contribution in [0.4, 0.5) is 17.1 Å². The van der Waals surface area contributed by atoms with Crippen LogP contribution < -0.4 is 4.90 Å². The van der Waals surface area contributed by atoms with Crippen molar-refractivity contribution in [1.82, 2.24) is 15.0 Å². The molecular formula is C27H24N4. The van der Waals surface area contributed by atoms with Gasteiger partial charge in [0.15, 0.2) is 0 Å². The minimum Gasteiger partial charge on any atom is -0.361 e. The number of aromatic nitrogens is 3. The third-order valence-corrected chi connectivity index (χ3v) is 5.62. The van der Waals surface area contributed by atoms with E-state index in [1.54, 1.807) is 0 Å². The lowest BCUT2D eigenvalue weighted by atomic mass is 10.0. The molecule has 5 rings (SSSR count). The molecule has 0 atom stereocenters. The van der Waals surface area contributed by atoms with E-state index in [4.69, 9.17) is 0 Å². The molecule has 0 bridgehead atoms. The molecule has 0 amide bonds. The first kappa shape index (κ1) is 19.1. The molecule has 0 aliphatic heterocycles. The Kier molecular flexibility index (Phi) is 5.44. The number of pyridine rings is 2. The van der Waals surface area contributed by atoms with E-state index < -0.39 is 0 Å². The Hall–Kier alpha value is -3.92. The second-order valence-electron chi connectivity index (χ2n) is 7.63. The first-order valence-electron chi connectivity index (χ1n) is 10.6. The van der Waals surface area contributed by atoms with Crippen LogP contribution in [0.3, 0.4) is 0 Å². The molecule has 5 aromatic rings. The summed E-state index contributed by atoms with van der Waals surface area (Å²) in [6, 6.07) is 25.5. The smallest absolute Gasteiger partial charge is 0.0492 e. The number of hydrogen-bond acceptors (Lipinski definition) is 3. The van der Waals surface area contributed by atoms with Gasteiger partial charge in [0.05, 0.1) is 0 Å². The van der Waals surface area contributed by atoms with Crippen LogP contribution in [0, 0.1) is 0 Å². The lowest BCUT2D eigenvalue weighted by Crippen LogP contribution is -2.10. The first-order valence-corrected chi connectivity index (χ1v) is 10.6. The molecular weight excluding hydrogens is 380 g/mol. The number of fused-ring (bicyclic) bond motifs is 1. The summed E-state index contributed by atoms with van der Waals surface area (Å²) in [5.74, 6) is 0. The van der Waals surface area contributed by atoms with Gasteiger partial charge in [0, 0.05) is 58.9 Å². The number of para-hydroxylation sites is 1. The van der Waals surface area contributed by atoms with Gasteiger partial charge in [-0.3, -0.25) is 9.97 Å². The molecule has 0 spiro atoms. The van der Waals surface area contributed by atoms with Gasteiger partial charge in [-0.25, -0.2) is 0 Å². The van der Waals surface area contributed by atoms with Crippen LogP contribution in [0.2, 0.25) is 0 Å². The molecule has 0 aliphatic carbocycles. The number of aromatic amines is 1. The molecule has 0 saturated heterocycles. The highest BCUT2D eigenvalue weighted by molar-refractivity contribution is 5.83. The van der Waals surface area contributed by atoms with Crippen molar-refractivity contribution in [2.24, 2.45) is 0 Å². The number of hydrogen-bond donors (Lipinski definition) is 1. The first-order chi connectivity index (χ1) is 15.4. The molecule has 2 aromatic carbocycles. The Labute approximate surface area is 182 Å². The van der Waals surface area contributed by atoms with Crippen LogP contribution in [0.5, 0.6) is 0 Å². The standard InChI is InChI=1S/C27H24N4/c1-2-7-27-26(6-1)22(20-30-27)5-3-4-21-8-10-23(11-9-21)31(24-12-16-28-17-13-24)25-14-18-29-19-15-25/h1-2,6-20,30H,3-5H2. The normalized spacial score (nSPS) is 11.0. The number of aryl methyl sites for hydroxylation is 2. The fourth-order valence-corrected chi connectivity index (χ4v) is 4.07. The summed E-state index contributed by atoms with van der Waals surface area (Å²) in [4.78, 5) is 13.9. The summed E-state index contributed by atoms with van der Waals surface area (Å²) < 4.78 is 0. The Morgan fingerprint density at radius 1 is 0.645 bits per heavy atom. The van der Waals surface area contributed by atoms with Gasteiger partial charge in [-0.1, -0.05) is 30.3 Å². The Morgan fingerprint density at radius 2 is 1.26 bits per heavy atom. The van der Waals surface area contributed by atoms with Gasteiger partial charge in [0.1, 0.15) is 0 Å². The molecule has 0 aliphatic rings. The van der Waals surface area contributed by atoms with E-state index in [-0.39, 0.29) is 0 Å². The van der Waals surface area contributed by atoms with Crippen molar-refractivity contribution < 1.29 is 0 Å². The van der Waals surface area contributed by atoms with Crippen molar-refractivity contribution in [2.45, 2.75) is 19.3 Å². The van der Waals surface area contributed by atoms with Crippen molar-refractivity contribution in [2.75, 3.05) is 4.90 Å². The van der Waals surface area contributed by atoms with E-state index in [9.17, 15) is 0 Å². The van der Waals surface area contributed by atoms with Crippen molar-refractivity contribution >= 4 is 28.0 Å². The fraction of sp³-hybridized carbons (Fsp3) is 0.111. The highest BCUT2D eigenvalue weighted by atomic mass is 15.1. The van der Waals surface area contributed by atoms with E-state index >= 15 is 0 Å². The topological polar surface area (TPSA) is 44.8 Å². The summed E-state index contributed by atoms with van der Waals surface area (Å²) in [5, 5.41) is 1.34. The summed E-state index contributed by atoms with van der Waals surface area (Å²) in [6.07, 6.45) is 12.7. The number of anilines is 3. The molecule has 4 heteroatoms. The molecule has 4 nitrogen and oxygen atoms in total. The summed E-state index contributed by atoms with van der Waals surface area (Å²) in [5.41, 5.74) is 7.25. The fourth-order valence-electron chi connectivity index (χ4n) is 4.07. The maximum atomic E-state index is 4.16. The van der Waals surface area contributed by atoms with Crippen LogP contribution in [0.1, 0.15) is 17.5 Å². The number of nitrogens with zero attached hydrogens (tertiary/aromatic N) is 3. The van der Waals surface area contributed by atoms with Crippen molar-refractivity contribution in [1.29, 1.82) is 0 Å². The summed E-state index contributed by atoms with van der Waals surface area (Å²) in [7, 11) is 0. The van der Waals surface area contributed by atoms with E-state index in [1.807, 2.05) is 49.1 Å². The Bertz CT molecular complexity index is 1210. The largest absolute Gasteiger partial charge is 0.361 e. The SMILES string of the molecule is c1ccc2c(CCCc3ccc(N(c4ccncc4)c4ccncc4)cc3)c[nH]c2c1. The van der Waals surface area contributed by atoms with Crippen molar-refractivity contribution in [3.63, 3.8) is 0 Å². The Balaban J connectivity index is 1.31. The third-order valence-electron chi connectivity index (χ3n) is 5.62. The number of H-pyrrole nitrogens is 1. The van der Waals surface area contributed by atoms with Crippen molar-refractivity contribution in [3.05, 3.63) is 115 Å². The molecule has 0 radical (unpaired) electrons. The van der Waals surface area contributed by atoms with Gasteiger partial charge < -0.3 is 9.88 Å². The molecule has 0 unspecified atom stereocenters. The van der Waals surface area contributed by atoms with E-state index in [1.165, 1.54) is 22.0 Å². The van der Waals surface area contributed by atoms with E-state index in [0.29, 0.717) is 0 Å². The average molecular weight is 405 g/mol. The molecule has 3 heterocycles. The zero-order chi connectivity index (χ0) is 20.9. The Morgan fingerprint density at radius 3 is 1.94 bits per heavy atom. The van der Waals surface area contributed by atoms with Crippen LogP contribution in [0.25, 0.3) is 10.9 Å². The number of benzene rings is 2. The van der Waals surface area contributed by atoms with Crippen LogP contribution in [-0.4, -0.2) is 15.0 Å². The van der Waals surface area contributed by atoms with Crippen molar-refractivity contribution in [3.8, 4) is 0 Å². The van der Waals surface area contributed by atoms with Gasteiger partial charge >= 0.3 is 0 Å². The van der Waals surface area contributed by atoms with E-state index in [2.05, 4.69) is 74.6 Å². The maximum Gasteiger partial charge on any atom is 0.0492 e. The van der Waals surface area contributed by atoms with Gasteiger partial charge in [0.25, 0.3) is 0 Å². The van der Waals surface area contributed by atoms with Crippen LogP contribution >= 0.6 is 0 Å².